The van der Waals surface area contributed by atoms with Crippen LogP contribution in [0.2, 0.25) is 0 Å². The Morgan fingerprint density at radius 2 is 2.07 bits per heavy atom. The lowest BCUT2D eigenvalue weighted by atomic mass is 9.77. The van der Waals surface area contributed by atoms with Gasteiger partial charge in [-0.05, 0) is 54.5 Å². The fraction of sp³-hybridized carbons (Fsp3) is 0.417. The molecular weight excluding hydrogens is 367 g/mol. The highest BCUT2D eigenvalue weighted by Gasteiger charge is 2.57. The number of hydrogen-bond acceptors (Lipinski definition) is 3. The van der Waals surface area contributed by atoms with Crippen LogP contribution < -0.4 is 5.32 Å². The first-order valence-corrected chi connectivity index (χ1v) is 10.5. The van der Waals surface area contributed by atoms with Crippen molar-refractivity contribution in [2.24, 2.45) is 17.8 Å². The van der Waals surface area contributed by atoms with E-state index in [4.69, 9.17) is 4.74 Å². The van der Waals surface area contributed by atoms with Crippen molar-refractivity contribution in [3.05, 3.63) is 60.2 Å². The average molecular weight is 392 g/mol. The molecule has 3 fully saturated rings. The summed E-state index contributed by atoms with van der Waals surface area (Å²) in [5.74, 6) is 1.17. The fourth-order valence-electron chi connectivity index (χ4n) is 5.57. The highest BCUT2D eigenvalue weighted by atomic mass is 19.1. The smallest absolute Gasteiger partial charge is 0.407 e. The summed E-state index contributed by atoms with van der Waals surface area (Å²) in [4.78, 5) is 16.4. The molecule has 150 valence electrons. The third-order valence-electron chi connectivity index (χ3n) is 6.89. The van der Waals surface area contributed by atoms with Crippen molar-refractivity contribution in [1.29, 1.82) is 0 Å². The molecule has 1 spiro atoms. The Bertz CT molecular complexity index is 942. The van der Waals surface area contributed by atoms with Gasteiger partial charge in [0.1, 0.15) is 11.4 Å². The monoisotopic (exact) mass is 392 g/mol. The van der Waals surface area contributed by atoms with Crippen LogP contribution in [0.3, 0.4) is 0 Å². The zero-order valence-electron chi connectivity index (χ0n) is 16.3. The number of carbonyl (C=O) groups excluding carboxylic acids is 1. The van der Waals surface area contributed by atoms with Gasteiger partial charge in [-0.1, -0.05) is 43.5 Å². The lowest BCUT2D eigenvalue weighted by Gasteiger charge is -2.30. The number of halogens is 1. The van der Waals surface area contributed by atoms with E-state index < -0.39 is 5.60 Å². The molecule has 4 atom stereocenters. The highest BCUT2D eigenvalue weighted by molar-refractivity contribution is 5.70. The van der Waals surface area contributed by atoms with Crippen LogP contribution >= 0.6 is 0 Å². The number of amides is 1. The van der Waals surface area contributed by atoms with E-state index in [1.807, 2.05) is 24.3 Å². The quantitative estimate of drug-likeness (QED) is 0.780. The Kier molecular flexibility index (Phi) is 4.61. The van der Waals surface area contributed by atoms with Crippen molar-refractivity contribution in [3.63, 3.8) is 0 Å². The van der Waals surface area contributed by atoms with Crippen LogP contribution in [0.5, 0.6) is 0 Å². The van der Waals surface area contributed by atoms with E-state index in [-0.39, 0.29) is 17.8 Å². The molecule has 2 aliphatic carbocycles. The van der Waals surface area contributed by atoms with Crippen LogP contribution in [0.4, 0.5) is 9.18 Å². The summed E-state index contributed by atoms with van der Waals surface area (Å²) in [5, 5.41) is 2.88. The maximum absolute atomic E-state index is 13.5. The lowest BCUT2D eigenvalue weighted by molar-refractivity contribution is 0.0322. The Morgan fingerprint density at radius 3 is 2.83 bits per heavy atom. The normalized spacial score (nSPS) is 31.1. The molecule has 1 saturated heterocycles. The van der Waals surface area contributed by atoms with Gasteiger partial charge in [-0.25, -0.2) is 9.18 Å². The molecule has 5 heteroatoms. The first kappa shape index (κ1) is 18.3. The number of nitrogens with one attached hydrogen (secondary N) is 1. The Hall–Kier alpha value is -2.69. The summed E-state index contributed by atoms with van der Waals surface area (Å²) < 4.78 is 19.3. The molecule has 4 nitrogen and oxygen atoms in total. The fourth-order valence-corrected chi connectivity index (χ4v) is 5.57. The van der Waals surface area contributed by atoms with Gasteiger partial charge in [-0.3, -0.25) is 4.98 Å². The number of aromatic nitrogens is 1. The van der Waals surface area contributed by atoms with Crippen molar-refractivity contribution < 1.29 is 13.9 Å². The Labute approximate surface area is 170 Å². The van der Waals surface area contributed by atoms with Gasteiger partial charge in [0.05, 0.1) is 12.2 Å². The van der Waals surface area contributed by atoms with Crippen molar-refractivity contribution in [3.8, 4) is 11.1 Å². The van der Waals surface area contributed by atoms with E-state index >= 15 is 0 Å². The molecule has 0 bridgehead atoms. The third-order valence-corrected chi connectivity index (χ3v) is 6.89. The highest BCUT2D eigenvalue weighted by Crippen LogP contribution is 2.54. The van der Waals surface area contributed by atoms with Crippen LogP contribution in [0, 0.1) is 23.6 Å². The summed E-state index contributed by atoms with van der Waals surface area (Å²) >= 11 is 0. The Morgan fingerprint density at radius 1 is 1.17 bits per heavy atom. The zero-order chi connectivity index (χ0) is 19.8. The summed E-state index contributed by atoms with van der Waals surface area (Å²) in [7, 11) is 0. The van der Waals surface area contributed by atoms with E-state index in [0.717, 1.165) is 23.2 Å². The van der Waals surface area contributed by atoms with Crippen LogP contribution in [0.25, 0.3) is 17.2 Å². The van der Waals surface area contributed by atoms with E-state index in [1.165, 1.54) is 37.8 Å². The van der Waals surface area contributed by atoms with Crippen LogP contribution in [0.1, 0.15) is 37.8 Å². The number of pyridine rings is 1. The van der Waals surface area contributed by atoms with Crippen molar-refractivity contribution >= 4 is 12.2 Å². The first-order valence-electron chi connectivity index (χ1n) is 10.5. The maximum Gasteiger partial charge on any atom is 0.407 e. The number of rotatable bonds is 3. The molecule has 1 aliphatic heterocycles. The van der Waals surface area contributed by atoms with Crippen LogP contribution in [0.15, 0.2) is 48.7 Å². The number of benzene rings is 1. The second kappa shape index (κ2) is 7.29. The van der Waals surface area contributed by atoms with Gasteiger partial charge < -0.3 is 10.1 Å². The standard InChI is InChI=1S/C24H25FN2O2/c25-19-6-3-5-16(12-19)18-8-9-20(26-14-18)10-11-22-21-7-2-1-4-17(21)13-24(22)15-27-23(28)29-24/h3,5-6,8-12,14,17,21-22H,1-2,4,7,13,15H2,(H,27,28)/b11-10+/t17-,21-,22+,24+/m1/s1. The van der Waals surface area contributed by atoms with Crippen LogP contribution in [-0.4, -0.2) is 23.2 Å². The second-order valence-corrected chi connectivity index (χ2v) is 8.59. The molecule has 0 radical (unpaired) electrons. The van der Waals surface area contributed by atoms with E-state index in [2.05, 4.69) is 16.4 Å². The van der Waals surface area contributed by atoms with E-state index in [1.54, 1.807) is 12.3 Å². The van der Waals surface area contributed by atoms with E-state index in [0.29, 0.717) is 18.4 Å². The van der Waals surface area contributed by atoms with Gasteiger partial charge in [0.25, 0.3) is 0 Å². The van der Waals surface area contributed by atoms with Crippen molar-refractivity contribution in [2.75, 3.05) is 6.54 Å². The molecule has 1 amide bonds. The number of alkyl carbamates (subject to hydrolysis) is 1. The Balaban J connectivity index is 1.38. The minimum Gasteiger partial charge on any atom is -0.440 e. The molecule has 2 heterocycles. The molecule has 1 aromatic heterocycles. The maximum atomic E-state index is 13.5. The van der Waals surface area contributed by atoms with Gasteiger partial charge >= 0.3 is 6.09 Å². The SMILES string of the molecule is O=C1NC[C@]2(C[C@H]3CCCC[C@H]3[C@@H]2/C=C/c2ccc(-c3cccc(F)c3)cn2)O1. The predicted molar refractivity (Wildman–Crippen MR) is 109 cm³/mol. The number of hydrogen-bond donors (Lipinski definition) is 1. The number of carbonyl (C=O) groups is 1. The average Bonchev–Trinajstić information content (AvgIpc) is 3.25. The molecule has 2 aromatic rings. The summed E-state index contributed by atoms with van der Waals surface area (Å²) in [6.07, 6.45) is 11.7. The molecule has 0 unspecified atom stereocenters. The second-order valence-electron chi connectivity index (χ2n) is 8.59. The molecular formula is C24H25FN2O2. The summed E-state index contributed by atoms with van der Waals surface area (Å²) in [6, 6.07) is 10.5. The largest absolute Gasteiger partial charge is 0.440 e. The van der Waals surface area contributed by atoms with E-state index in [9.17, 15) is 9.18 Å². The molecule has 1 aromatic carbocycles. The van der Waals surface area contributed by atoms with Crippen molar-refractivity contribution in [2.45, 2.75) is 37.7 Å². The number of nitrogens with zero attached hydrogens (tertiary/aromatic N) is 1. The number of ether oxygens (including phenoxy) is 1. The summed E-state index contributed by atoms with van der Waals surface area (Å²) in [5.41, 5.74) is 2.16. The minimum absolute atomic E-state index is 0.219. The molecule has 29 heavy (non-hydrogen) atoms. The van der Waals surface area contributed by atoms with Gasteiger partial charge in [0.2, 0.25) is 0 Å². The molecule has 3 aliphatic rings. The van der Waals surface area contributed by atoms with Gasteiger partial charge in [-0.2, -0.15) is 0 Å². The topological polar surface area (TPSA) is 51.2 Å². The lowest BCUT2D eigenvalue weighted by Crippen LogP contribution is -2.38. The summed E-state index contributed by atoms with van der Waals surface area (Å²) in [6.45, 7) is 0.597. The van der Waals surface area contributed by atoms with Crippen molar-refractivity contribution in [1.82, 2.24) is 10.3 Å². The van der Waals surface area contributed by atoms with Gasteiger partial charge in [0.15, 0.2) is 0 Å². The zero-order valence-corrected chi connectivity index (χ0v) is 16.3. The van der Waals surface area contributed by atoms with Gasteiger partial charge in [0, 0.05) is 17.7 Å². The number of fused-ring (bicyclic) bond motifs is 1. The van der Waals surface area contributed by atoms with Gasteiger partial charge in [-0.15, -0.1) is 0 Å². The minimum atomic E-state index is -0.408. The third kappa shape index (κ3) is 3.43. The molecule has 1 N–H and O–H groups in total. The first-order chi connectivity index (χ1) is 14.1. The molecule has 5 rings (SSSR count). The molecule has 2 saturated carbocycles. The van der Waals surface area contributed by atoms with Crippen LogP contribution in [-0.2, 0) is 4.74 Å². The predicted octanol–water partition coefficient (Wildman–Crippen LogP) is 5.21.